The number of hydrogen-bond acceptors (Lipinski definition) is 2. The number of carbonyl (C=O) groups is 1. The molecule has 0 atom stereocenters. The number of para-hydroxylation sites is 1. The Morgan fingerprint density at radius 1 is 1.29 bits per heavy atom. The number of alkyl halides is 2. The number of hydrogen-bond donors (Lipinski definition) is 0. The first-order valence-corrected chi connectivity index (χ1v) is 5.37. The van der Waals surface area contributed by atoms with Crippen molar-refractivity contribution in [3.8, 4) is 5.75 Å². The number of ketones is 1. The SMILES string of the molecule is CC(C)(C)C(=O)c1ccccc1OCC(F)F. The van der Waals surface area contributed by atoms with Gasteiger partial charge in [-0.05, 0) is 12.1 Å². The van der Waals surface area contributed by atoms with E-state index in [1.165, 1.54) is 6.07 Å². The molecule has 1 aromatic rings. The van der Waals surface area contributed by atoms with Crippen LogP contribution in [0.5, 0.6) is 5.75 Å². The molecule has 0 saturated carbocycles. The number of halogens is 2. The summed E-state index contributed by atoms with van der Waals surface area (Å²) in [6.07, 6.45) is -2.55. The van der Waals surface area contributed by atoms with E-state index in [-0.39, 0.29) is 11.5 Å². The van der Waals surface area contributed by atoms with Gasteiger partial charge in [-0.3, -0.25) is 4.79 Å². The number of rotatable bonds is 4. The summed E-state index contributed by atoms with van der Waals surface area (Å²) < 4.78 is 29.1. The zero-order valence-electron chi connectivity index (χ0n) is 10.2. The van der Waals surface area contributed by atoms with Gasteiger partial charge in [0.2, 0.25) is 0 Å². The molecule has 17 heavy (non-hydrogen) atoms. The second kappa shape index (κ2) is 5.25. The Morgan fingerprint density at radius 2 is 1.88 bits per heavy atom. The van der Waals surface area contributed by atoms with Crippen LogP contribution in [0.1, 0.15) is 31.1 Å². The third-order valence-corrected chi connectivity index (χ3v) is 2.18. The molecule has 0 aromatic heterocycles. The molecule has 94 valence electrons. The minimum Gasteiger partial charge on any atom is -0.487 e. The van der Waals surface area contributed by atoms with Crippen LogP contribution in [0.15, 0.2) is 24.3 Å². The van der Waals surface area contributed by atoms with Crippen LogP contribution in [0.25, 0.3) is 0 Å². The number of benzene rings is 1. The summed E-state index contributed by atoms with van der Waals surface area (Å²) in [6, 6.07) is 6.46. The first-order valence-electron chi connectivity index (χ1n) is 5.37. The van der Waals surface area contributed by atoms with Crippen LogP contribution < -0.4 is 4.74 Å². The van der Waals surface area contributed by atoms with Gasteiger partial charge in [0.1, 0.15) is 12.4 Å². The molecule has 2 nitrogen and oxygen atoms in total. The van der Waals surface area contributed by atoms with Crippen molar-refractivity contribution in [1.29, 1.82) is 0 Å². The summed E-state index contributed by atoms with van der Waals surface area (Å²) in [6.45, 7) is 4.63. The smallest absolute Gasteiger partial charge is 0.272 e. The lowest BCUT2D eigenvalue weighted by Crippen LogP contribution is -2.21. The average Bonchev–Trinajstić information content (AvgIpc) is 2.24. The Bertz CT molecular complexity index is 395. The normalized spacial score (nSPS) is 11.6. The summed E-state index contributed by atoms with van der Waals surface area (Å²) in [5.74, 6) is 0.0927. The van der Waals surface area contributed by atoms with Crippen LogP contribution in [-0.2, 0) is 0 Å². The predicted octanol–water partition coefficient (Wildman–Crippen LogP) is 3.56. The van der Waals surface area contributed by atoms with Gasteiger partial charge < -0.3 is 4.74 Å². The average molecular weight is 242 g/mol. The Hall–Kier alpha value is -1.45. The fraction of sp³-hybridized carbons (Fsp3) is 0.462. The Kier molecular flexibility index (Phi) is 4.21. The van der Waals surface area contributed by atoms with E-state index in [4.69, 9.17) is 4.74 Å². The summed E-state index contributed by atoms with van der Waals surface area (Å²) in [7, 11) is 0. The van der Waals surface area contributed by atoms with E-state index in [0.29, 0.717) is 5.56 Å². The summed E-state index contributed by atoms with van der Waals surface area (Å²) in [5.41, 5.74) is -0.217. The molecule has 0 unspecified atom stereocenters. The van der Waals surface area contributed by atoms with E-state index >= 15 is 0 Å². The minimum absolute atomic E-state index is 0.123. The molecule has 0 fully saturated rings. The van der Waals surface area contributed by atoms with E-state index in [9.17, 15) is 13.6 Å². The van der Waals surface area contributed by atoms with Crippen LogP contribution in [0.4, 0.5) is 8.78 Å². The van der Waals surface area contributed by atoms with Gasteiger partial charge in [-0.2, -0.15) is 0 Å². The van der Waals surface area contributed by atoms with E-state index in [1.54, 1.807) is 39.0 Å². The molecule has 0 amide bonds. The van der Waals surface area contributed by atoms with Crippen LogP contribution in [0.3, 0.4) is 0 Å². The van der Waals surface area contributed by atoms with Crippen LogP contribution in [0, 0.1) is 5.41 Å². The summed E-state index contributed by atoms with van der Waals surface area (Å²) in [5, 5.41) is 0. The Labute approximate surface area is 99.6 Å². The highest BCUT2D eigenvalue weighted by Crippen LogP contribution is 2.27. The predicted molar refractivity (Wildman–Crippen MR) is 61.7 cm³/mol. The van der Waals surface area contributed by atoms with Gasteiger partial charge in [-0.15, -0.1) is 0 Å². The van der Waals surface area contributed by atoms with Crippen molar-refractivity contribution in [2.45, 2.75) is 27.2 Å². The van der Waals surface area contributed by atoms with Crippen molar-refractivity contribution < 1.29 is 18.3 Å². The fourth-order valence-corrected chi connectivity index (χ4v) is 1.34. The lowest BCUT2D eigenvalue weighted by atomic mass is 9.86. The van der Waals surface area contributed by atoms with Gasteiger partial charge in [0.15, 0.2) is 5.78 Å². The maximum absolute atomic E-state index is 12.1. The molecular formula is C13H16F2O2. The van der Waals surface area contributed by atoms with Gasteiger partial charge in [-0.1, -0.05) is 32.9 Å². The van der Waals surface area contributed by atoms with Crippen molar-refractivity contribution in [2.24, 2.45) is 5.41 Å². The molecule has 0 spiro atoms. The zero-order valence-corrected chi connectivity index (χ0v) is 10.2. The second-order valence-electron chi connectivity index (χ2n) is 4.78. The highest BCUT2D eigenvalue weighted by atomic mass is 19.3. The standard InChI is InChI=1S/C13H16F2O2/c1-13(2,3)12(16)9-6-4-5-7-10(9)17-8-11(14)15/h4-7,11H,8H2,1-3H3. The van der Waals surface area contributed by atoms with E-state index in [1.807, 2.05) is 0 Å². The minimum atomic E-state index is -2.55. The van der Waals surface area contributed by atoms with Crippen molar-refractivity contribution in [3.05, 3.63) is 29.8 Å². The van der Waals surface area contributed by atoms with Crippen molar-refractivity contribution in [1.82, 2.24) is 0 Å². The monoisotopic (exact) mass is 242 g/mol. The van der Waals surface area contributed by atoms with Gasteiger partial charge in [0.05, 0.1) is 5.56 Å². The van der Waals surface area contributed by atoms with Crippen LogP contribution in [0.2, 0.25) is 0 Å². The fourth-order valence-electron chi connectivity index (χ4n) is 1.34. The second-order valence-corrected chi connectivity index (χ2v) is 4.78. The molecule has 1 aromatic carbocycles. The molecule has 0 aliphatic rings. The van der Waals surface area contributed by atoms with Crippen molar-refractivity contribution >= 4 is 5.78 Å². The molecule has 0 heterocycles. The topological polar surface area (TPSA) is 26.3 Å². The molecule has 0 N–H and O–H groups in total. The Morgan fingerprint density at radius 3 is 2.41 bits per heavy atom. The van der Waals surface area contributed by atoms with E-state index < -0.39 is 18.4 Å². The van der Waals surface area contributed by atoms with Gasteiger partial charge in [0, 0.05) is 5.41 Å². The van der Waals surface area contributed by atoms with Crippen LogP contribution in [-0.4, -0.2) is 18.8 Å². The van der Waals surface area contributed by atoms with Crippen LogP contribution >= 0.6 is 0 Å². The molecular weight excluding hydrogens is 226 g/mol. The Balaban J connectivity index is 2.96. The molecule has 0 radical (unpaired) electrons. The third kappa shape index (κ3) is 3.80. The number of ether oxygens (including phenoxy) is 1. The molecule has 0 aliphatic heterocycles. The largest absolute Gasteiger partial charge is 0.487 e. The maximum atomic E-state index is 12.1. The van der Waals surface area contributed by atoms with Crippen molar-refractivity contribution in [2.75, 3.05) is 6.61 Å². The highest BCUT2D eigenvalue weighted by molar-refractivity contribution is 6.02. The number of carbonyl (C=O) groups excluding carboxylic acids is 1. The highest BCUT2D eigenvalue weighted by Gasteiger charge is 2.25. The third-order valence-electron chi connectivity index (χ3n) is 2.18. The van der Waals surface area contributed by atoms with E-state index in [0.717, 1.165) is 0 Å². The van der Waals surface area contributed by atoms with Crippen molar-refractivity contribution in [3.63, 3.8) is 0 Å². The van der Waals surface area contributed by atoms with Gasteiger partial charge >= 0.3 is 0 Å². The number of Topliss-reactive ketones (excluding diaryl/α,β-unsaturated/α-hetero) is 1. The van der Waals surface area contributed by atoms with Gasteiger partial charge in [-0.25, -0.2) is 8.78 Å². The summed E-state index contributed by atoms with van der Waals surface area (Å²) >= 11 is 0. The lowest BCUT2D eigenvalue weighted by Gasteiger charge is -2.19. The molecule has 0 bridgehead atoms. The quantitative estimate of drug-likeness (QED) is 0.754. The lowest BCUT2D eigenvalue weighted by molar-refractivity contribution is 0.0772. The summed E-state index contributed by atoms with van der Waals surface area (Å²) in [4.78, 5) is 12.1. The maximum Gasteiger partial charge on any atom is 0.272 e. The molecule has 0 saturated heterocycles. The van der Waals surface area contributed by atoms with Gasteiger partial charge in [0.25, 0.3) is 6.43 Å². The zero-order chi connectivity index (χ0) is 13.1. The molecule has 1 rings (SSSR count). The molecule has 4 heteroatoms. The first-order chi connectivity index (χ1) is 7.82. The molecule has 0 aliphatic carbocycles. The van der Waals surface area contributed by atoms with E-state index in [2.05, 4.69) is 0 Å². The first kappa shape index (κ1) is 13.6.